The number of hydrogen-bond acceptors (Lipinski definition) is 5. The van der Waals surface area contributed by atoms with E-state index >= 15 is 0 Å². The van der Waals surface area contributed by atoms with Crippen LogP contribution in [0.4, 0.5) is 5.69 Å². The van der Waals surface area contributed by atoms with Crippen molar-refractivity contribution in [2.45, 2.75) is 19.4 Å². The van der Waals surface area contributed by atoms with E-state index in [-0.39, 0.29) is 18.7 Å². The normalized spacial score (nSPS) is 14.3. The smallest absolute Gasteiger partial charge is 0.282 e. The molecule has 0 bridgehead atoms. The molecule has 7 nitrogen and oxygen atoms in total. The minimum absolute atomic E-state index is 0.0383. The van der Waals surface area contributed by atoms with Gasteiger partial charge in [-0.25, -0.2) is 0 Å². The van der Waals surface area contributed by atoms with Crippen molar-refractivity contribution in [3.8, 4) is 23.0 Å². The van der Waals surface area contributed by atoms with Crippen molar-refractivity contribution in [1.29, 1.82) is 0 Å². The molecule has 2 aromatic rings. The Bertz CT molecular complexity index is 840. The van der Waals surface area contributed by atoms with Gasteiger partial charge in [0.1, 0.15) is 0 Å². The van der Waals surface area contributed by atoms with Crippen LogP contribution in [0, 0.1) is 0 Å². The molecule has 2 atom stereocenters. The summed E-state index contributed by atoms with van der Waals surface area (Å²) >= 11 is 0. The second-order valence-corrected chi connectivity index (χ2v) is 6.81. The van der Waals surface area contributed by atoms with E-state index in [1.807, 2.05) is 38.2 Å². The molecule has 0 aromatic heterocycles. The maximum Gasteiger partial charge on any atom is 0.282 e. The van der Waals surface area contributed by atoms with E-state index in [4.69, 9.17) is 18.9 Å². The van der Waals surface area contributed by atoms with Crippen molar-refractivity contribution in [3.05, 3.63) is 42.0 Å². The number of fused-ring (bicyclic) bond motifs is 1. The van der Waals surface area contributed by atoms with Crippen LogP contribution in [-0.4, -0.2) is 46.6 Å². The molecule has 1 aliphatic rings. The number of quaternary nitrogens is 1. The molecule has 150 valence electrons. The monoisotopic (exact) mass is 387 g/mol. The van der Waals surface area contributed by atoms with Gasteiger partial charge in [-0.3, -0.25) is 4.79 Å². The molecule has 3 rings (SSSR count). The standard InChI is InChI=1S/C21H26N2O5/c1-14(21(24)22-16-6-8-18-20(12-16)28-13-27-18)23(2)10-9-15-5-7-17(25-3)19(11-15)26-4/h5-8,11-12,14H,9-10,13H2,1-4H3,(H,22,24)/p+1/t14-/m1/s1. The van der Waals surface area contributed by atoms with Gasteiger partial charge in [0, 0.05) is 18.2 Å². The summed E-state index contributed by atoms with van der Waals surface area (Å²) in [7, 11) is 5.27. The van der Waals surface area contributed by atoms with Crippen LogP contribution >= 0.6 is 0 Å². The number of methoxy groups -OCH3 is 2. The van der Waals surface area contributed by atoms with Crippen molar-refractivity contribution >= 4 is 11.6 Å². The van der Waals surface area contributed by atoms with Gasteiger partial charge in [-0.05, 0) is 36.8 Å². The fraction of sp³-hybridized carbons (Fsp3) is 0.381. The Morgan fingerprint density at radius 2 is 1.86 bits per heavy atom. The summed E-state index contributed by atoms with van der Waals surface area (Å²) in [5.74, 6) is 2.74. The van der Waals surface area contributed by atoms with Crippen LogP contribution in [0.25, 0.3) is 0 Å². The molecule has 0 spiro atoms. The molecule has 1 unspecified atom stereocenters. The summed E-state index contributed by atoms with van der Waals surface area (Å²) in [5, 5.41) is 2.95. The number of carbonyl (C=O) groups excluding carboxylic acids is 1. The lowest BCUT2D eigenvalue weighted by Crippen LogP contribution is -3.14. The third kappa shape index (κ3) is 4.48. The number of anilines is 1. The van der Waals surface area contributed by atoms with Crippen molar-refractivity contribution in [1.82, 2.24) is 0 Å². The van der Waals surface area contributed by atoms with Gasteiger partial charge in [-0.15, -0.1) is 0 Å². The Labute approximate surface area is 165 Å². The maximum atomic E-state index is 12.6. The van der Waals surface area contributed by atoms with Crippen molar-refractivity contribution < 1.29 is 28.6 Å². The van der Waals surface area contributed by atoms with Crippen LogP contribution < -0.4 is 29.2 Å². The zero-order chi connectivity index (χ0) is 20.1. The van der Waals surface area contributed by atoms with Gasteiger partial charge in [0.15, 0.2) is 29.0 Å². The summed E-state index contributed by atoms with van der Waals surface area (Å²) in [6.07, 6.45) is 0.827. The van der Waals surface area contributed by atoms with Crippen LogP contribution in [0.2, 0.25) is 0 Å². The lowest BCUT2D eigenvalue weighted by Gasteiger charge is -2.21. The molecular formula is C21H27N2O5+. The van der Waals surface area contributed by atoms with Gasteiger partial charge in [-0.1, -0.05) is 6.07 Å². The highest BCUT2D eigenvalue weighted by Gasteiger charge is 2.23. The Morgan fingerprint density at radius 3 is 2.61 bits per heavy atom. The summed E-state index contributed by atoms with van der Waals surface area (Å²) in [6, 6.07) is 11.1. The van der Waals surface area contributed by atoms with Gasteiger partial charge in [0.25, 0.3) is 5.91 Å². The van der Waals surface area contributed by atoms with Crippen molar-refractivity contribution in [2.75, 3.05) is 39.9 Å². The second-order valence-electron chi connectivity index (χ2n) is 6.81. The molecule has 7 heteroatoms. The molecule has 0 fully saturated rings. The largest absolute Gasteiger partial charge is 0.493 e. The highest BCUT2D eigenvalue weighted by atomic mass is 16.7. The highest BCUT2D eigenvalue weighted by Crippen LogP contribution is 2.34. The van der Waals surface area contributed by atoms with Crippen LogP contribution in [0.5, 0.6) is 23.0 Å². The third-order valence-corrected chi connectivity index (χ3v) is 5.03. The molecule has 0 saturated carbocycles. The van der Waals surface area contributed by atoms with E-state index in [0.29, 0.717) is 28.7 Å². The van der Waals surface area contributed by atoms with E-state index in [1.165, 1.54) is 0 Å². The second kappa shape index (κ2) is 8.84. The Kier molecular flexibility index (Phi) is 6.26. The van der Waals surface area contributed by atoms with Gasteiger partial charge < -0.3 is 29.2 Å². The van der Waals surface area contributed by atoms with Crippen LogP contribution in [-0.2, 0) is 11.2 Å². The Hall–Kier alpha value is -2.93. The molecule has 2 N–H and O–H groups in total. The van der Waals surface area contributed by atoms with Gasteiger partial charge in [0.2, 0.25) is 6.79 Å². The van der Waals surface area contributed by atoms with Gasteiger partial charge >= 0.3 is 0 Å². The van der Waals surface area contributed by atoms with Gasteiger partial charge in [0.05, 0.1) is 27.8 Å². The lowest BCUT2D eigenvalue weighted by atomic mass is 10.1. The van der Waals surface area contributed by atoms with Crippen LogP contribution in [0.1, 0.15) is 12.5 Å². The van der Waals surface area contributed by atoms with Crippen molar-refractivity contribution in [2.24, 2.45) is 0 Å². The summed E-state index contributed by atoms with van der Waals surface area (Å²) in [5.41, 5.74) is 1.84. The number of likely N-dealkylation sites (N-methyl/N-ethyl adjacent to an activating group) is 1. The quantitative estimate of drug-likeness (QED) is 0.719. The minimum atomic E-state index is -0.203. The fourth-order valence-electron chi connectivity index (χ4n) is 3.04. The van der Waals surface area contributed by atoms with Crippen molar-refractivity contribution in [3.63, 3.8) is 0 Å². The molecule has 1 aliphatic heterocycles. The Morgan fingerprint density at radius 1 is 1.11 bits per heavy atom. The molecule has 0 radical (unpaired) electrons. The molecule has 28 heavy (non-hydrogen) atoms. The highest BCUT2D eigenvalue weighted by molar-refractivity contribution is 5.93. The van der Waals surface area contributed by atoms with Gasteiger partial charge in [-0.2, -0.15) is 0 Å². The topological polar surface area (TPSA) is 70.5 Å². The fourth-order valence-corrected chi connectivity index (χ4v) is 3.04. The first-order chi connectivity index (χ1) is 13.5. The molecule has 2 aromatic carbocycles. The van der Waals surface area contributed by atoms with E-state index in [9.17, 15) is 4.79 Å². The van der Waals surface area contributed by atoms with Crippen LogP contribution in [0.3, 0.4) is 0 Å². The van der Waals surface area contributed by atoms with E-state index in [1.54, 1.807) is 26.4 Å². The average Bonchev–Trinajstić information content (AvgIpc) is 3.18. The predicted octanol–water partition coefficient (Wildman–Crippen LogP) is 1.52. The molecule has 0 saturated heterocycles. The number of ether oxygens (including phenoxy) is 4. The molecular weight excluding hydrogens is 360 g/mol. The zero-order valence-corrected chi connectivity index (χ0v) is 16.7. The summed E-state index contributed by atoms with van der Waals surface area (Å²) < 4.78 is 21.3. The molecule has 1 amide bonds. The lowest BCUT2D eigenvalue weighted by molar-refractivity contribution is -0.893. The Balaban J connectivity index is 1.55. The van der Waals surface area contributed by atoms with E-state index in [0.717, 1.165) is 23.4 Å². The summed E-state index contributed by atoms with van der Waals surface area (Å²) in [6.45, 7) is 2.95. The SMILES string of the molecule is COc1ccc(CC[NH+](C)[C@H](C)C(=O)Nc2ccc3c(c2)OCO3)cc1OC. The number of carbonyl (C=O) groups is 1. The first kappa shape index (κ1) is 19.8. The minimum Gasteiger partial charge on any atom is -0.493 e. The van der Waals surface area contributed by atoms with E-state index in [2.05, 4.69) is 5.32 Å². The van der Waals surface area contributed by atoms with E-state index < -0.39 is 0 Å². The number of amides is 1. The van der Waals surface area contributed by atoms with Crippen LogP contribution in [0.15, 0.2) is 36.4 Å². The summed E-state index contributed by atoms with van der Waals surface area (Å²) in [4.78, 5) is 13.7. The number of nitrogens with one attached hydrogen (secondary N) is 2. The molecule has 0 aliphatic carbocycles. The average molecular weight is 387 g/mol. The number of rotatable bonds is 8. The first-order valence-electron chi connectivity index (χ1n) is 9.25. The first-order valence-corrected chi connectivity index (χ1v) is 9.25. The number of hydrogen-bond donors (Lipinski definition) is 2. The third-order valence-electron chi connectivity index (χ3n) is 5.03. The molecule has 1 heterocycles. The number of benzene rings is 2. The maximum absolute atomic E-state index is 12.6. The zero-order valence-electron chi connectivity index (χ0n) is 16.7. The predicted molar refractivity (Wildman–Crippen MR) is 106 cm³/mol.